The van der Waals surface area contributed by atoms with Gasteiger partial charge in [-0.1, -0.05) is 20.8 Å². The number of aliphatic hydroxyl groups excluding tert-OH is 1. The van der Waals surface area contributed by atoms with Gasteiger partial charge in [0.25, 0.3) is 0 Å². The Kier molecular flexibility index (Phi) is 18.5. The largest absolute Gasteiger partial charge is 0.509 e. The number of ether oxygens (including phenoxy) is 9. The molecule has 388 valence electrons. The molecular weight excluding hydrogens is 913 g/mol. The average molecular weight is 989 g/mol. The number of amidine groups is 1. The SMILES string of the molecule is CC[C@H]1OC(=O)[C@H](C)[C@@H](O[C@H]2C[C@@](C)(OC)[C@@H](OC(=O)N/N=C(\NOC)c3nsc(N)n3)[C@H](C)O2)[C@H](C)[C@@H](O[C@@H]2O[C@H](C)C[C@H](N(C)C)[C@H]2O)[C@](C)(O)C[C@@H](C)CN(C)[C@H](C)[C@@H]2OC(=O)O[C@]12C. The summed E-state index contributed by atoms with van der Waals surface area (Å²) in [5.41, 5.74) is 6.29. The summed E-state index contributed by atoms with van der Waals surface area (Å²) in [4.78, 5) is 53.8. The normalized spacial score (nSPS) is 41.4. The number of hydrogen-bond donors (Lipinski definition) is 5. The van der Waals surface area contributed by atoms with Crippen LogP contribution in [0.2, 0.25) is 0 Å². The number of amides is 1. The Labute approximate surface area is 403 Å². The van der Waals surface area contributed by atoms with E-state index in [0.717, 1.165) is 11.5 Å². The van der Waals surface area contributed by atoms with E-state index in [1.54, 1.807) is 41.5 Å². The third-order valence-corrected chi connectivity index (χ3v) is 14.5. The van der Waals surface area contributed by atoms with E-state index in [0.29, 0.717) is 13.0 Å². The third kappa shape index (κ3) is 12.5. The fourth-order valence-electron chi connectivity index (χ4n) is 10.3. The van der Waals surface area contributed by atoms with Crippen molar-refractivity contribution in [1.82, 2.24) is 30.1 Å². The summed E-state index contributed by atoms with van der Waals surface area (Å²) in [6.45, 7) is 18.3. The van der Waals surface area contributed by atoms with Crippen molar-refractivity contribution in [1.29, 1.82) is 0 Å². The zero-order chi connectivity index (χ0) is 50.6. The fraction of sp³-hybridized carbons (Fsp3) is 0.864. The monoisotopic (exact) mass is 989 g/mol. The molecule has 1 aromatic rings. The number of nitrogens with one attached hydrogen (secondary N) is 2. The number of nitrogen functional groups attached to an aromatic ring is 1. The second-order valence-corrected chi connectivity index (χ2v) is 20.6. The molecule has 4 fully saturated rings. The van der Waals surface area contributed by atoms with Crippen LogP contribution in [0, 0.1) is 17.8 Å². The van der Waals surface area contributed by atoms with Crippen molar-refractivity contribution in [3.05, 3.63) is 5.82 Å². The first-order valence-corrected chi connectivity index (χ1v) is 24.0. The average Bonchev–Trinajstić information content (AvgIpc) is 3.84. The van der Waals surface area contributed by atoms with Gasteiger partial charge in [-0.2, -0.15) is 9.36 Å². The predicted octanol–water partition coefficient (Wildman–Crippen LogP) is 2.76. The van der Waals surface area contributed by atoms with Crippen LogP contribution in [-0.4, -0.2) is 186 Å². The number of nitrogens with two attached hydrogens (primary N) is 1. The van der Waals surface area contributed by atoms with E-state index < -0.39 is 108 Å². The van der Waals surface area contributed by atoms with Gasteiger partial charge in [0.1, 0.15) is 17.8 Å². The number of aromatic nitrogens is 2. The Morgan fingerprint density at radius 1 is 1.04 bits per heavy atom. The summed E-state index contributed by atoms with van der Waals surface area (Å²) >= 11 is 0.925. The van der Waals surface area contributed by atoms with Crippen LogP contribution in [0.1, 0.15) is 101 Å². The molecule has 4 saturated heterocycles. The summed E-state index contributed by atoms with van der Waals surface area (Å²) in [6, 6.07) is -0.722. The van der Waals surface area contributed by atoms with Crippen molar-refractivity contribution in [2.75, 3.05) is 47.6 Å². The van der Waals surface area contributed by atoms with Gasteiger partial charge in [0.05, 0.1) is 43.0 Å². The number of hydroxylamine groups is 1. The van der Waals surface area contributed by atoms with Crippen molar-refractivity contribution >= 4 is 40.7 Å². The first-order chi connectivity index (χ1) is 31.8. The number of hydrazone groups is 1. The Bertz CT molecular complexity index is 1900. The van der Waals surface area contributed by atoms with Crippen LogP contribution in [0.5, 0.6) is 0 Å². The van der Waals surface area contributed by atoms with Gasteiger partial charge in [-0.05, 0) is 94.8 Å². The van der Waals surface area contributed by atoms with Crippen LogP contribution < -0.4 is 16.6 Å². The molecule has 18 atom stereocenters. The number of methoxy groups -OCH3 is 1. The van der Waals surface area contributed by atoms with E-state index in [1.807, 2.05) is 58.6 Å². The summed E-state index contributed by atoms with van der Waals surface area (Å²) in [7, 11) is 8.44. The molecule has 0 radical (unpaired) electrons. The molecule has 0 aromatic carbocycles. The van der Waals surface area contributed by atoms with Crippen molar-refractivity contribution in [3.8, 4) is 0 Å². The molecule has 5 rings (SSSR count). The highest BCUT2D eigenvalue weighted by atomic mass is 32.1. The van der Waals surface area contributed by atoms with Gasteiger partial charge in [0.2, 0.25) is 11.7 Å². The highest BCUT2D eigenvalue weighted by Gasteiger charge is 2.58. The highest BCUT2D eigenvalue weighted by molar-refractivity contribution is 7.09. The molecule has 6 N–H and O–H groups in total. The zero-order valence-electron chi connectivity index (χ0n) is 42.1. The Balaban J connectivity index is 1.51. The number of esters is 1. The van der Waals surface area contributed by atoms with Crippen molar-refractivity contribution in [2.45, 2.75) is 185 Å². The molecule has 0 aliphatic carbocycles. The third-order valence-electron chi connectivity index (χ3n) is 14.0. The number of carbonyl (C=O) groups excluding carboxylic acids is 3. The second kappa shape index (κ2) is 22.7. The topological polar surface area (TPSA) is 279 Å². The molecule has 1 aromatic heterocycles. The standard InChI is InChI=1S/C44H76N8O15S/c1-16-28-44(10)33(66-41(56)67-44)25(6)52(13)20-21(2)18-42(8,57)32(64-38-30(53)27(51(11)12)17-22(3)60-38)23(4)31(24(5)37(54)62-28)63-29-19-43(9,58-14)34(26(7)61-29)65-40(55)48-47-36(49-59-15)35-46-39(45)68-50-35/h21-34,38,53,57H,16-20H2,1-15H3,(H,47,49)(H,48,55)(H2,45,46,50)/t21-,22-,23+,24-,25-,26+,27+,28-,29+,30-,31+,32-,33+,34+,38+,42-,43-,44-/m1/s1. The van der Waals surface area contributed by atoms with Crippen LogP contribution in [0.3, 0.4) is 0 Å². The second-order valence-electron chi connectivity index (χ2n) is 19.8. The van der Waals surface area contributed by atoms with Crippen LogP contribution in [0.25, 0.3) is 0 Å². The van der Waals surface area contributed by atoms with Crippen LogP contribution in [0.15, 0.2) is 5.10 Å². The summed E-state index contributed by atoms with van der Waals surface area (Å²) in [5.74, 6) is -2.76. The lowest BCUT2D eigenvalue weighted by Gasteiger charge is -2.49. The lowest BCUT2D eigenvalue weighted by atomic mass is 9.77. The van der Waals surface area contributed by atoms with Gasteiger partial charge in [0, 0.05) is 49.6 Å². The molecule has 4 aliphatic heterocycles. The lowest BCUT2D eigenvalue weighted by Crippen LogP contribution is -2.61. The van der Waals surface area contributed by atoms with Gasteiger partial charge in [-0.15, -0.1) is 5.10 Å². The first kappa shape index (κ1) is 55.4. The maximum absolute atomic E-state index is 14.7. The summed E-state index contributed by atoms with van der Waals surface area (Å²) in [5, 5.41) is 28.7. The number of hydrogen-bond acceptors (Lipinski definition) is 22. The van der Waals surface area contributed by atoms with E-state index in [4.69, 9.17) is 53.2 Å². The molecule has 1 amide bonds. The number of fused-ring (bicyclic) bond motifs is 1. The lowest BCUT2D eigenvalue weighted by molar-refractivity contribution is -0.317. The van der Waals surface area contributed by atoms with E-state index in [9.17, 15) is 24.6 Å². The van der Waals surface area contributed by atoms with Crippen LogP contribution in [0.4, 0.5) is 14.7 Å². The van der Waals surface area contributed by atoms with Gasteiger partial charge in [-0.25, -0.2) is 20.5 Å². The van der Waals surface area contributed by atoms with Crippen molar-refractivity contribution < 1.29 is 72.1 Å². The molecule has 5 heterocycles. The number of cyclic esters (lactones) is 1. The van der Waals surface area contributed by atoms with Crippen molar-refractivity contribution in [2.24, 2.45) is 22.9 Å². The van der Waals surface area contributed by atoms with Crippen molar-refractivity contribution in [3.63, 3.8) is 0 Å². The van der Waals surface area contributed by atoms with E-state index in [1.165, 1.54) is 14.2 Å². The molecule has 23 nitrogen and oxygen atoms in total. The molecule has 0 spiro atoms. The Hall–Kier alpha value is -3.56. The van der Waals surface area contributed by atoms with Crippen LogP contribution >= 0.6 is 11.5 Å². The smallest absolute Gasteiger partial charge is 0.458 e. The first-order valence-electron chi connectivity index (χ1n) is 23.3. The molecular formula is C44H76N8O15S. The number of likely N-dealkylation sites (N-methyl/N-ethyl adjacent to an activating group) is 2. The number of anilines is 1. The number of aliphatic hydroxyl groups is 2. The maximum atomic E-state index is 14.7. The molecule has 0 saturated carbocycles. The van der Waals surface area contributed by atoms with Gasteiger partial charge >= 0.3 is 18.2 Å². The Morgan fingerprint density at radius 3 is 2.34 bits per heavy atom. The van der Waals surface area contributed by atoms with E-state index in [-0.39, 0.29) is 54.1 Å². The van der Waals surface area contributed by atoms with E-state index >= 15 is 0 Å². The van der Waals surface area contributed by atoms with Crippen LogP contribution in [-0.2, 0) is 52.3 Å². The minimum atomic E-state index is -1.63. The van der Waals surface area contributed by atoms with Gasteiger partial charge in [0.15, 0.2) is 35.5 Å². The molecule has 24 heteroatoms. The summed E-state index contributed by atoms with van der Waals surface area (Å²) < 4.78 is 60.4. The predicted molar refractivity (Wildman–Crippen MR) is 246 cm³/mol. The zero-order valence-corrected chi connectivity index (χ0v) is 42.9. The number of carbonyl (C=O) groups is 3. The fourth-order valence-corrected chi connectivity index (χ4v) is 10.8. The highest BCUT2D eigenvalue weighted by Crippen LogP contribution is 2.42. The molecule has 0 unspecified atom stereocenters. The Morgan fingerprint density at radius 2 is 1.74 bits per heavy atom. The summed E-state index contributed by atoms with van der Waals surface area (Å²) in [6.07, 6.45) is -10.4. The minimum Gasteiger partial charge on any atom is -0.458 e. The number of rotatable bonds is 11. The van der Waals surface area contributed by atoms with Gasteiger partial charge < -0.3 is 63.5 Å². The van der Waals surface area contributed by atoms with E-state index in [2.05, 4.69) is 25.4 Å². The quantitative estimate of drug-likeness (QED) is 0.0701. The molecule has 68 heavy (non-hydrogen) atoms. The maximum Gasteiger partial charge on any atom is 0.509 e. The molecule has 4 aliphatic rings. The van der Waals surface area contributed by atoms with Gasteiger partial charge in [-0.3, -0.25) is 14.5 Å². The minimum absolute atomic E-state index is 0.0151. The number of nitrogens with zero attached hydrogens (tertiary/aromatic N) is 5. The molecule has 0 bridgehead atoms.